The summed E-state index contributed by atoms with van der Waals surface area (Å²) < 4.78 is 1.85. The van der Waals surface area contributed by atoms with Gasteiger partial charge in [0.05, 0.1) is 5.52 Å². The summed E-state index contributed by atoms with van der Waals surface area (Å²) in [5.41, 5.74) is 0.802. The predicted molar refractivity (Wildman–Crippen MR) is 78.7 cm³/mol. The number of hydrogen-bond acceptors (Lipinski definition) is 3. The highest BCUT2D eigenvalue weighted by Gasteiger charge is 2.11. The van der Waals surface area contributed by atoms with Crippen molar-refractivity contribution < 1.29 is 0 Å². The van der Waals surface area contributed by atoms with Crippen LogP contribution in [-0.4, -0.2) is 16.0 Å². The summed E-state index contributed by atoms with van der Waals surface area (Å²) in [7, 11) is 0. The molecule has 0 radical (unpaired) electrons. The van der Waals surface area contributed by atoms with E-state index in [2.05, 4.69) is 61.0 Å². The number of nitrogens with one attached hydrogen (secondary N) is 1. The minimum atomic E-state index is 0.240. The monoisotopic (exact) mass is 377 g/mol. The fourth-order valence-electron chi connectivity index (χ4n) is 1.51. The van der Waals surface area contributed by atoms with Gasteiger partial charge in [0.2, 0.25) is 5.28 Å². The lowest BCUT2D eigenvalue weighted by Gasteiger charge is -2.12. The van der Waals surface area contributed by atoms with Crippen molar-refractivity contribution in [2.75, 3.05) is 5.32 Å². The molecule has 90 valence electrons. The molecule has 0 unspecified atom stereocenters. The first-order valence-electron chi connectivity index (χ1n) is 5.06. The van der Waals surface area contributed by atoms with E-state index in [4.69, 9.17) is 11.6 Å². The molecular formula is C11H10Br2ClN3. The topological polar surface area (TPSA) is 37.8 Å². The molecule has 0 atom stereocenters. The molecule has 2 aromatic rings. The van der Waals surface area contributed by atoms with Gasteiger partial charge in [-0.3, -0.25) is 0 Å². The molecule has 6 heteroatoms. The maximum Gasteiger partial charge on any atom is 0.224 e. The Morgan fingerprint density at radius 2 is 1.94 bits per heavy atom. The van der Waals surface area contributed by atoms with E-state index in [1.807, 2.05) is 12.1 Å². The molecule has 2 rings (SSSR count). The van der Waals surface area contributed by atoms with Crippen LogP contribution >= 0.6 is 43.5 Å². The molecule has 1 aromatic heterocycles. The summed E-state index contributed by atoms with van der Waals surface area (Å²) in [6.45, 7) is 4.10. The minimum Gasteiger partial charge on any atom is -0.367 e. The molecular weight excluding hydrogens is 369 g/mol. The van der Waals surface area contributed by atoms with Gasteiger partial charge < -0.3 is 5.32 Å². The molecule has 0 saturated carbocycles. The van der Waals surface area contributed by atoms with Crippen LogP contribution in [0.5, 0.6) is 0 Å². The van der Waals surface area contributed by atoms with Crippen molar-refractivity contribution in [2.45, 2.75) is 19.9 Å². The van der Waals surface area contributed by atoms with Crippen LogP contribution in [0.15, 0.2) is 21.1 Å². The van der Waals surface area contributed by atoms with Crippen LogP contribution in [0.4, 0.5) is 5.82 Å². The normalized spacial score (nSPS) is 11.2. The van der Waals surface area contributed by atoms with Crippen molar-refractivity contribution in [3.05, 3.63) is 26.4 Å². The number of anilines is 1. The molecule has 1 heterocycles. The summed E-state index contributed by atoms with van der Waals surface area (Å²) in [5, 5.41) is 4.44. The number of rotatable bonds is 2. The molecule has 1 N–H and O–H groups in total. The summed E-state index contributed by atoms with van der Waals surface area (Å²) in [5.74, 6) is 0.747. The zero-order valence-electron chi connectivity index (χ0n) is 9.26. The summed E-state index contributed by atoms with van der Waals surface area (Å²) in [4.78, 5) is 8.46. The molecule has 0 bridgehead atoms. The Kier molecular flexibility index (Phi) is 3.90. The van der Waals surface area contributed by atoms with Crippen LogP contribution in [0.25, 0.3) is 10.9 Å². The maximum atomic E-state index is 5.92. The molecule has 0 saturated heterocycles. The first kappa shape index (κ1) is 13.1. The van der Waals surface area contributed by atoms with Crippen molar-refractivity contribution in [3.63, 3.8) is 0 Å². The molecule has 0 fully saturated rings. The lowest BCUT2D eigenvalue weighted by Crippen LogP contribution is -2.12. The molecule has 0 amide bonds. The van der Waals surface area contributed by atoms with E-state index in [0.29, 0.717) is 0 Å². The van der Waals surface area contributed by atoms with E-state index >= 15 is 0 Å². The fourth-order valence-corrected chi connectivity index (χ4v) is 3.00. The van der Waals surface area contributed by atoms with Gasteiger partial charge in [-0.25, -0.2) is 9.97 Å². The van der Waals surface area contributed by atoms with E-state index in [1.165, 1.54) is 0 Å². The quantitative estimate of drug-likeness (QED) is 0.773. The zero-order valence-corrected chi connectivity index (χ0v) is 13.2. The Morgan fingerprint density at radius 3 is 2.59 bits per heavy atom. The van der Waals surface area contributed by atoms with Gasteiger partial charge in [-0.1, -0.05) is 15.9 Å². The largest absolute Gasteiger partial charge is 0.367 e. The van der Waals surface area contributed by atoms with Gasteiger partial charge in [-0.15, -0.1) is 0 Å². The Hall–Kier alpha value is -0.390. The van der Waals surface area contributed by atoms with Crippen LogP contribution in [-0.2, 0) is 0 Å². The van der Waals surface area contributed by atoms with Crippen LogP contribution < -0.4 is 5.32 Å². The molecule has 0 aliphatic heterocycles. The van der Waals surface area contributed by atoms with Crippen LogP contribution in [0.3, 0.4) is 0 Å². The van der Waals surface area contributed by atoms with Crippen molar-refractivity contribution in [2.24, 2.45) is 0 Å². The average Bonchev–Trinajstić information content (AvgIpc) is 2.19. The van der Waals surface area contributed by atoms with Crippen molar-refractivity contribution in [1.82, 2.24) is 9.97 Å². The average molecular weight is 379 g/mol. The zero-order chi connectivity index (χ0) is 12.6. The number of nitrogens with zero attached hydrogens (tertiary/aromatic N) is 2. The third-order valence-electron chi connectivity index (χ3n) is 2.12. The lowest BCUT2D eigenvalue weighted by molar-refractivity contribution is 0.890. The third kappa shape index (κ3) is 2.89. The van der Waals surface area contributed by atoms with Gasteiger partial charge in [-0.05, 0) is 53.5 Å². The van der Waals surface area contributed by atoms with Gasteiger partial charge in [-0.2, -0.15) is 0 Å². The van der Waals surface area contributed by atoms with Crippen LogP contribution in [0.1, 0.15) is 13.8 Å². The van der Waals surface area contributed by atoms with E-state index < -0.39 is 0 Å². The Morgan fingerprint density at radius 1 is 1.24 bits per heavy atom. The number of benzene rings is 1. The third-order valence-corrected chi connectivity index (χ3v) is 3.35. The predicted octanol–water partition coefficient (Wildman–Crippen LogP) is 4.63. The molecule has 0 aliphatic rings. The van der Waals surface area contributed by atoms with E-state index in [-0.39, 0.29) is 11.3 Å². The van der Waals surface area contributed by atoms with Gasteiger partial charge >= 0.3 is 0 Å². The summed E-state index contributed by atoms with van der Waals surface area (Å²) in [6.07, 6.45) is 0. The second kappa shape index (κ2) is 5.08. The van der Waals surface area contributed by atoms with Gasteiger partial charge in [0.1, 0.15) is 5.82 Å². The first-order chi connectivity index (χ1) is 7.97. The SMILES string of the molecule is CC(C)Nc1nc(Cl)nc2c(Br)cc(Br)cc12. The van der Waals surface area contributed by atoms with Crippen molar-refractivity contribution in [3.8, 4) is 0 Å². The highest BCUT2D eigenvalue weighted by atomic mass is 79.9. The second-order valence-electron chi connectivity index (χ2n) is 3.92. The number of aromatic nitrogens is 2. The summed E-state index contributed by atoms with van der Waals surface area (Å²) in [6, 6.07) is 4.19. The number of halogens is 3. The van der Waals surface area contributed by atoms with Crippen molar-refractivity contribution in [1.29, 1.82) is 0 Å². The van der Waals surface area contributed by atoms with Gasteiger partial charge in [0.25, 0.3) is 0 Å². The van der Waals surface area contributed by atoms with Crippen molar-refractivity contribution >= 4 is 60.2 Å². The smallest absolute Gasteiger partial charge is 0.224 e. The van der Waals surface area contributed by atoms with Gasteiger partial charge in [0, 0.05) is 20.4 Å². The first-order valence-corrected chi connectivity index (χ1v) is 7.02. The Bertz CT molecular complexity index is 572. The number of hydrogen-bond donors (Lipinski definition) is 1. The van der Waals surface area contributed by atoms with E-state index in [9.17, 15) is 0 Å². The minimum absolute atomic E-state index is 0.240. The Balaban J connectivity index is 2.73. The van der Waals surface area contributed by atoms with Gasteiger partial charge in [0.15, 0.2) is 0 Å². The second-order valence-corrected chi connectivity index (χ2v) is 6.03. The Labute approximate surface area is 121 Å². The van der Waals surface area contributed by atoms with E-state index in [0.717, 1.165) is 25.7 Å². The molecule has 1 aromatic carbocycles. The number of fused-ring (bicyclic) bond motifs is 1. The van der Waals surface area contributed by atoms with E-state index in [1.54, 1.807) is 0 Å². The van der Waals surface area contributed by atoms with Crippen LogP contribution in [0.2, 0.25) is 5.28 Å². The maximum absolute atomic E-state index is 5.92. The molecule has 3 nitrogen and oxygen atoms in total. The summed E-state index contributed by atoms with van der Waals surface area (Å²) >= 11 is 12.9. The fraction of sp³-hybridized carbons (Fsp3) is 0.273. The lowest BCUT2D eigenvalue weighted by atomic mass is 10.2. The molecule has 0 aliphatic carbocycles. The highest BCUT2D eigenvalue weighted by Crippen LogP contribution is 2.31. The van der Waals surface area contributed by atoms with Crippen LogP contribution in [0, 0.1) is 0 Å². The standard InChI is InChI=1S/C11H10Br2ClN3/c1-5(2)15-10-7-3-6(12)4-8(13)9(7)16-11(14)17-10/h3-5H,1-2H3,(H,15,16,17). The molecule has 0 spiro atoms. The highest BCUT2D eigenvalue weighted by molar-refractivity contribution is 9.11. The molecule has 17 heavy (non-hydrogen) atoms.